The quantitative estimate of drug-likeness (QED) is 0.875. The van der Waals surface area contributed by atoms with Crippen LogP contribution >= 0.6 is 11.3 Å². The van der Waals surface area contributed by atoms with Gasteiger partial charge in [-0.1, -0.05) is 0 Å². The van der Waals surface area contributed by atoms with Crippen molar-refractivity contribution in [3.63, 3.8) is 0 Å². The van der Waals surface area contributed by atoms with Crippen molar-refractivity contribution in [2.75, 3.05) is 0 Å². The molecule has 1 saturated carbocycles. The second-order valence-corrected chi connectivity index (χ2v) is 4.74. The van der Waals surface area contributed by atoms with Crippen LogP contribution in [0.3, 0.4) is 0 Å². The largest absolute Gasteiger partial charge is 0.476 e. The molecule has 1 aromatic heterocycles. The molecule has 0 atom stereocenters. The van der Waals surface area contributed by atoms with Gasteiger partial charge in [0, 0.05) is 11.9 Å². The van der Waals surface area contributed by atoms with Crippen LogP contribution in [0.15, 0.2) is 5.38 Å². The number of halogens is 3. The van der Waals surface area contributed by atoms with Gasteiger partial charge < -0.3 is 5.11 Å². The summed E-state index contributed by atoms with van der Waals surface area (Å²) in [5, 5.41) is 12.4. The van der Waals surface area contributed by atoms with Crippen LogP contribution < -0.4 is 5.32 Å². The Morgan fingerprint density at radius 1 is 1.59 bits per heavy atom. The monoisotopic (exact) mass is 266 g/mol. The van der Waals surface area contributed by atoms with Gasteiger partial charge in [-0.25, -0.2) is 9.78 Å². The van der Waals surface area contributed by atoms with Gasteiger partial charge in [0.1, 0.15) is 5.54 Å². The fourth-order valence-corrected chi connectivity index (χ4v) is 2.09. The predicted octanol–water partition coefficient (Wildman–Crippen LogP) is 2.03. The summed E-state index contributed by atoms with van der Waals surface area (Å²) in [6, 6.07) is 0. The number of hydrogen-bond donors (Lipinski definition) is 2. The van der Waals surface area contributed by atoms with Crippen LogP contribution in [0, 0.1) is 0 Å². The van der Waals surface area contributed by atoms with E-state index >= 15 is 0 Å². The molecule has 1 aliphatic carbocycles. The molecule has 94 valence electrons. The molecule has 0 aliphatic heterocycles. The Hall–Kier alpha value is -1.15. The van der Waals surface area contributed by atoms with Gasteiger partial charge in [-0.15, -0.1) is 11.3 Å². The number of hydrogen-bond acceptors (Lipinski definition) is 4. The lowest BCUT2D eigenvalue weighted by Gasteiger charge is -2.19. The Bertz CT molecular complexity index is 440. The minimum Gasteiger partial charge on any atom is -0.476 e. The summed E-state index contributed by atoms with van der Waals surface area (Å²) in [5.74, 6) is -1.17. The van der Waals surface area contributed by atoms with Gasteiger partial charge in [0.15, 0.2) is 0 Å². The molecule has 4 nitrogen and oxygen atoms in total. The average Bonchev–Trinajstić information content (AvgIpc) is 2.86. The predicted molar refractivity (Wildman–Crippen MR) is 53.9 cm³/mol. The number of carboxylic acids is 1. The van der Waals surface area contributed by atoms with Gasteiger partial charge in [-0.3, -0.25) is 5.32 Å². The maximum absolute atomic E-state index is 12.6. The molecule has 0 saturated heterocycles. The summed E-state index contributed by atoms with van der Waals surface area (Å²) < 4.78 is 37.7. The average molecular weight is 266 g/mol. The number of nitrogens with zero attached hydrogens (tertiary/aromatic N) is 1. The summed E-state index contributed by atoms with van der Waals surface area (Å²) in [5.41, 5.74) is -1.47. The van der Waals surface area contributed by atoms with E-state index in [1.54, 1.807) is 0 Å². The maximum Gasteiger partial charge on any atom is 0.406 e. The number of thiazole rings is 1. The van der Waals surface area contributed by atoms with Crippen molar-refractivity contribution in [3.05, 3.63) is 16.1 Å². The van der Waals surface area contributed by atoms with E-state index in [4.69, 9.17) is 5.11 Å². The van der Waals surface area contributed by atoms with Gasteiger partial charge in [0.05, 0.1) is 5.69 Å². The van der Waals surface area contributed by atoms with Crippen molar-refractivity contribution >= 4 is 17.3 Å². The highest BCUT2D eigenvalue weighted by atomic mass is 32.1. The first-order valence-electron chi connectivity index (χ1n) is 4.83. The third kappa shape index (κ3) is 2.42. The number of rotatable bonds is 4. The lowest BCUT2D eigenvalue weighted by molar-refractivity contribution is -0.166. The number of aromatic nitrogens is 1. The normalized spacial score (nSPS) is 18.1. The summed E-state index contributed by atoms with van der Waals surface area (Å²) >= 11 is 0.904. The van der Waals surface area contributed by atoms with Gasteiger partial charge >= 0.3 is 12.1 Å². The van der Waals surface area contributed by atoms with Crippen LogP contribution in [0.5, 0.6) is 0 Å². The van der Waals surface area contributed by atoms with Gasteiger partial charge in [0.2, 0.25) is 5.01 Å². The molecule has 1 aliphatic rings. The summed E-state index contributed by atoms with van der Waals surface area (Å²) in [7, 11) is 0. The molecule has 0 amide bonds. The molecule has 1 heterocycles. The second kappa shape index (κ2) is 3.95. The standard InChI is InChI=1S/C9H9F3N2O2S/c10-9(11,12)8(1-2-8)13-3-5-4-17-6(14-5)7(15)16/h4,13H,1-3H2,(H,15,16). The molecule has 17 heavy (non-hydrogen) atoms. The van der Waals surface area contributed by atoms with E-state index < -0.39 is 17.7 Å². The molecule has 8 heteroatoms. The van der Waals surface area contributed by atoms with E-state index in [1.807, 2.05) is 0 Å². The van der Waals surface area contributed by atoms with E-state index in [2.05, 4.69) is 10.3 Å². The van der Waals surface area contributed by atoms with E-state index in [9.17, 15) is 18.0 Å². The maximum atomic E-state index is 12.6. The Morgan fingerprint density at radius 2 is 2.24 bits per heavy atom. The second-order valence-electron chi connectivity index (χ2n) is 3.88. The lowest BCUT2D eigenvalue weighted by Crippen LogP contribution is -2.44. The molecule has 0 radical (unpaired) electrons. The first-order chi connectivity index (χ1) is 7.84. The third-order valence-electron chi connectivity index (χ3n) is 2.64. The van der Waals surface area contributed by atoms with Crippen LogP contribution in [0.2, 0.25) is 0 Å². The fraction of sp³-hybridized carbons (Fsp3) is 0.556. The molecule has 0 bridgehead atoms. The molecule has 2 N–H and O–H groups in total. The van der Waals surface area contributed by atoms with Crippen LogP contribution in [0.4, 0.5) is 13.2 Å². The summed E-state index contributed by atoms with van der Waals surface area (Å²) in [6.45, 7) is -0.0662. The van der Waals surface area contributed by atoms with Gasteiger partial charge in [0.25, 0.3) is 0 Å². The van der Waals surface area contributed by atoms with Crippen LogP contribution in [0.1, 0.15) is 28.3 Å². The Kier molecular flexibility index (Phi) is 2.86. The molecule has 0 aromatic carbocycles. The van der Waals surface area contributed by atoms with E-state index in [0.29, 0.717) is 5.69 Å². The fourth-order valence-electron chi connectivity index (χ4n) is 1.43. The van der Waals surface area contributed by atoms with Gasteiger partial charge in [-0.2, -0.15) is 13.2 Å². The molecular weight excluding hydrogens is 257 g/mol. The van der Waals surface area contributed by atoms with Crippen molar-refractivity contribution in [2.24, 2.45) is 0 Å². The van der Waals surface area contributed by atoms with Crippen molar-refractivity contribution in [1.29, 1.82) is 0 Å². The zero-order valence-corrected chi connectivity index (χ0v) is 9.36. The first-order valence-corrected chi connectivity index (χ1v) is 5.71. The number of aromatic carboxylic acids is 1. The third-order valence-corrected chi connectivity index (χ3v) is 3.51. The summed E-state index contributed by atoms with van der Waals surface area (Å²) in [4.78, 5) is 14.2. The summed E-state index contributed by atoms with van der Waals surface area (Å²) in [6.07, 6.45) is -4.14. The highest BCUT2D eigenvalue weighted by molar-refractivity contribution is 7.11. The number of carbonyl (C=O) groups is 1. The van der Waals surface area contributed by atoms with E-state index in [1.165, 1.54) is 5.38 Å². The minimum atomic E-state index is -4.27. The molecule has 0 spiro atoms. The van der Waals surface area contributed by atoms with E-state index in [0.717, 1.165) is 11.3 Å². The first kappa shape index (κ1) is 12.3. The molecular formula is C9H9F3N2O2S. The molecule has 0 unspecified atom stereocenters. The number of nitrogens with one attached hydrogen (secondary N) is 1. The lowest BCUT2D eigenvalue weighted by atomic mass is 10.2. The van der Waals surface area contributed by atoms with Crippen molar-refractivity contribution < 1.29 is 23.1 Å². The smallest absolute Gasteiger partial charge is 0.406 e. The zero-order chi connectivity index (χ0) is 12.7. The zero-order valence-electron chi connectivity index (χ0n) is 8.54. The Morgan fingerprint density at radius 3 is 2.65 bits per heavy atom. The Balaban J connectivity index is 1.96. The number of carboxylic acid groups (broad SMARTS) is 1. The van der Waals surface area contributed by atoms with Crippen LogP contribution in [0.25, 0.3) is 0 Å². The molecule has 1 aromatic rings. The topological polar surface area (TPSA) is 62.2 Å². The number of alkyl halides is 3. The molecule has 2 rings (SSSR count). The van der Waals surface area contributed by atoms with Crippen LogP contribution in [-0.4, -0.2) is 27.8 Å². The van der Waals surface area contributed by atoms with Crippen molar-refractivity contribution in [1.82, 2.24) is 10.3 Å². The minimum absolute atomic E-state index is 0.0619. The molecule has 1 fully saturated rings. The van der Waals surface area contributed by atoms with Gasteiger partial charge in [-0.05, 0) is 12.8 Å². The SMILES string of the molecule is O=C(O)c1nc(CNC2(C(F)(F)F)CC2)cs1. The highest BCUT2D eigenvalue weighted by Gasteiger charge is 2.62. The van der Waals surface area contributed by atoms with Crippen LogP contribution in [-0.2, 0) is 6.54 Å². The highest BCUT2D eigenvalue weighted by Crippen LogP contribution is 2.49. The van der Waals surface area contributed by atoms with Crippen molar-refractivity contribution in [2.45, 2.75) is 31.1 Å². The van der Waals surface area contributed by atoms with Crippen molar-refractivity contribution in [3.8, 4) is 0 Å². The van der Waals surface area contributed by atoms with E-state index in [-0.39, 0.29) is 24.4 Å². The Labute approximate surface area is 98.5 Å².